The van der Waals surface area contributed by atoms with Crippen LogP contribution in [-0.2, 0) is 6.42 Å². The van der Waals surface area contributed by atoms with Crippen molar-refractivity contribution in [2.24, 2.45) is 0 Å². The van der Waals surface area contributed by atoms with Crippen LogP contribution in [0, 0.1) is 0 Å². The summed E-state index contributed by atoms with van der Waals surface area (Å²) in [5.41, 5.74) is 2.38. The molecule has 2 rings (SSSR count). The van der Waals surface area contributed by atoms with Crippen molar-refractivity contribution >= 4 is 10.9 Å². The number of hydrogen-bond donors (Lipinski definition) is 1. The quantitative estimate of drug-likeness (QED) is 0.769. The van der Waals surface area contributed by atoms with Crippen LogP contribution in [0.15, 0.2) is 36.5 Å². The van der Waals surface area contributed by atoms with E-state index < -0.39 is 0 Å². The van der Waals surface area contributed by atoms with Gasteiger partial charge in [-0.3, -0.25) is 4.98 Å². The third kappa shape index (κ3) is 3.33. The summed E-state index contributed by atoms with van der Waals surface area (Å²) in [5.74, 6) is 0. The van der Waals surface area contributed by atoms with Crippen molar-refractivity contribution in [3.8, 4) is 0 Å². The van der Waals surface area contributed by atoms with E-state index in [0.717, 1.165) is 11.9 Å². The van der Waals surface area contributed by atoms with Crippen LogP contribution in [0.2, 0.25) is 0 Å². The number of nitrogens with one attached hydrogen (secondary N) is 1. The number of nitrogens with zero attached hydrogens (tertiary/aromatic N) is 1. The zero-order valence-electron chi connectivity index (χ0n) is 9.62. The average Bonchev–Trinajstić information content (AvgIpc) is 2.29. The number of aromatic nitrogens is 1. The summed E-state index contributed by atoms with van der Waals surface area (Å²) in [6.07, 6.45) is 3.00. The van der Waals surface area contributed by atoms with E-state index in [-0.39, 0.29) is 0 Å². The molecule has 80 valence electrons. The molecular weight excluding hydrogens is 184 g/mol. The Bertz CT molecular complexity index is 410. The van der Waals surface area contributed by atoms with Crippen LogP contribution in [0.5, 0.6) is 0 Å². The molecule has 15 heavy (non-hydrogen) atoms. The van der Waals surface area contributed by atoms with Gasteiger partial charge in [0, 0.05) is 11.6 Å². The second-order valence-electron chi connectivity index (χ2n) is 3.39. The molecular formula is C13H18N2. The minimum absolute atomic E-state index is 1.05. The summed E-state index contributed by atoms with van der Waals surface area (Å²) in [5, 5.41) is 3.98. The van der Waals surface area contributed by atoms with Crippen molar-refractivity contribution in [3.63, 3.8) is 0 Å². The van der Waals surface area contributed by atoms with Gasteiger partial charge in [-0.25, -0.2) is 0 Å². The standard InChI is InChI=1S/C11H11N.C2H7N/c1-2-9-7-10-5-3-4-6-11(10)12-8-9;1-3-2/h3-8H,2H2,1H3;3H,1-2H3. The number of rotatable bonds is 1. The van der Waals surface area contributed by atoms with Crippen LogP contribution in [0.25, 0.3) is 10.9 Å². The summed E-state index contributed by atoms with van der Waals surface area (Å²) >= 11 is 0. The molecule has 2 heteroatoms. The highest BCUT2D eigenvalue weighted by atomic mass is 14.7. The first kappa shape index (κ1) is 11.7. The van der Waals surface area contributed by atoms with Crippen LogP contribution in [0.3, 0.4) is 0 Å². The highest BCUT2D eigenvalue weighted by Crippen LogP contribution is 2.12. The zero-order chi connectivity index (χ0) is 11.1. The summed E-state index contributed by atoms with van der Waals surface area (Å²) in [6.45, 7) is 2.14. The van der Waals surface area contributed by atoms with Crippen LogP contribution in [-0.4, -0.2) is 19.1 Å². The Balaban J connectivity index is 0.000000337. The minimum atomic E-state index is 1.05. The van der Waals surface area contributed by atoms with E-state index >= 15 is 0 Å². The molecule has 0 amide bonds. The Hall–Kier alpha value is -1.41. The van der Waals surface area contributed by atoms with Gasteiger partial charge in [0.05, 0.1) is 5.52 Å². The summed E-state index contributed by atoms with van der Waals surface area (Å²) in [6, 6.07) is 10.4. The molecule has 0 spiro atoms. The Labute approximate surface area is 91.3 Å². The first-order valence-corrected chi connectivity index (χ1v) is 5.24. The Morgan fingerprint density at radius 2 is 1.87 bits per heavy atom. The van der Waals surface area contributed by atoms with Crippen molar-refractivity contribution in [2.75, 3.05) is 14.1 Å². The molecule has 0 atom stereocenters. The first-order chi connectivity index (χ1) is 7.31. The van der Waals surface area contributed by atoms with Gasteiger partial charge in [0.2, 0.25) is 0 Å². The molecule has 0 aliphatic carbocycles. The smallest absolute Gasteiger partial charge is 0.0702 e. The number of hydrogen-bond acceptors (Lipinski definition) is 2. The molecule has 0 unspecified atom stereocenters. The minimum Gasteiger partial charge on any atom is -0.323 e. The van der Waals surface area contributed by atoms with Crippen molar-refractivity contribution in [2.45, 2.75) is 13.3 Å². The van der Waals surface area contributed by atoms with E-state index in [4.69, 9.17) is 0 Å². The highest BCUT2D eigenvalue weighted by Gasteiger charge is 1.93. The number of pyridine rings is 1. The lowest BCUT2D eigenvalue weighted by Gasteiger charge is -1.98. The van der Waals surface area contributed by atoms with Crippen molar-refractivity contribution in [3.05, 3.63) is 42.1 Å². The lowest BCUT2D eigenvalue weighted by molar-refractivity contribution is 1.02. The largest absolute Gasteiger partial charge is 0.323 e. The maximum atomic E-state index is 4.35. The fourth-order valence-corrected chi connectivity index (χ4v) is 1.31. The predicted molar refractivity (Wildman–Crippen MR) is 66.1 cm³/mol. The van der Waals surface area contributed by atoms with Gasteiger partial charge in [-0.2, -0.15) is 0 Å². The van der Waals surface area contributed by atoms with Crippen molar-refractivity contribution in [1.82, 2.24) is 10.3 Å². The molecule has 2 aromatic rings. The van der Waals surface area contributed by atoms with E-state index in [2.05, 4.69) is 29.4 Å². The molecule has 1 aromatic heterocycles. The molecule has 2 nitrogen and oxygen atoms in total. The normalized spacial score (nSPS) is 9.53. The SMILES string of the molecule is CCc1cnc2ccccc2c1.CNC. The fourth-order valence-electron chi connectivity index (χ4n) is 1.31. The average molecular weight is 202 g/mol. The van der Waals surface area contributed by atoms with Gasteiger partial charge in [0.1, 0.15) is 0 Å². The monoisotopic (exact) mass is 202 g/mol. The van der Waals surface area contributed by atoms with Gasteiger partial charge in [0.15, 0.2) is 0 Å². The van der Waals surface area contributed by atoms with Gasteiger partial charge in [0.25, 0.3) is 0 Å². The topological polar surface area (TPSA) is 24.9 Å². The second kappa shape index (κ2) is 6.14. The van der Waals surface area contributed by atoms with Crippen LogP contribution in [0.4, 0.5) is 0 Å². The second-order valence-corrected chi connectivity index (χ2v) is 3.39. The molecule has 1 heterocycles. The number of aryl methyl sites for hydroxylation is 1. The maximum Gasteiger partial charge on any atom is 0.0702 e. The van der Waals surface area contributed by atoms with Gasteiger partial charge < -0.3 is 5.32 Å². The van der Waals surface area contributed by atoms with E-state index in [9.17, 15) is 0 Å². The zero-order valence-corrected chi connectivity index (χ0v) is 9.62. The van der Waals surface area contributed by atoms with Crippen molar-refractivity contribution < 1.29 is 0 Å². The van der Waals surface area contributed by atoms with Gasteiger partial charge in [-0.05, 0) is 38.2 Å². The molecule has 1 N–H and O–H groups in total. The molecule has 0 saturated heterocycles. The summed E-state index contributed by atoms with van der Waals surface area (Å²) < 4.78 is 0. The lowest BCUT2D eigenvalue weighted by Crippen LogP contribution is -1.89. The van der Waals surface area contributed by atoms with Gasteiger partial charge in [-0.15, -0.1) is 0 Å². The molecule has 0 bridgehead atoms. The number of para-hydroxylation sites is 1. The maximum absolute atomic E-state index is 4.35. The third-order valence-electron chi connectivity index (χ3n) is 2.06. The highest BCUT2D eigenvalue weighted by molar-refractivity contribution is 5.78. The third-order valence-corrected chi connectivity index (χ3v) is 2.06. The molecule has 0 fully saturated rings. The Morgan fingerprint density at radius 3 is 2.53 bits per heavy atom. The molecule has 0 saturated carbocycles. The first-order valence-electron chi connectivity index (χ1n) is 5.24. The summed E-state index contributed by atoms with van der Waals surface area (Å²) in [4.78, 5) is 4.35. The fraction of sp³-hybridized carbons (Fsp3) is 0.308. The van der Waals surface area contributed by atoms with E-state index in [1.165, 1.54) is 10.9 Å². The van der Waals surface area contributed by atoms with Crippen LogP contribution < -0.4 is 5.32 Å². The molecule has 0 aliphatic rings. The molecule has 0 radical (unpaired) electrons. The Kier molecular flexibility index (Phi) is 4.78. The van der Waals surface area contributed by atoms with Crippen LogP contribution >= 0.6 is 0 Å². The van der Waals surface area contributed by atoms with E-state index in [0.29, 0.717) is 0 Å². The molecule has 1 aromatic carbocycles. The predicted octanol–water partition coefficient (Wildman–Crippen LogP) is 2.63. The number of fused-ring (bicyclic) bond motifs is 1. The van der Waals surface area contributed by atoms with Crippen LogP contribution in [0.1, 0.15) is 12.5 Å². The van der Waals surface area contributed by atoms with Gasteiger partial charge in [-0.1, -0.05) is 25.1 Å². The van der Waals surface area contributed by atoms with E-state index in [1.807, 2.05) is 38.5 Å². The Morgan fingerprint density at radius 1 is 1.20 bits per heavy atom. The number of benzene rings is 1. The lowest BCUT2D eigenvalue weighted by atomic mass is 10.1. The van der Waals surface area contributed by atoms with E-state index in [1.54, 1.807) is 0 Å². The summed E-state index contributed by atoms with van der Waals surface area (Å²) in [7, 11) is 3.75. The van der Waals surface area contributed by atoms with Crippen molar-refractivity contribution in [1.29, 1.82) is 0 Å². The van der Waals surface area contributed by atoms with Gasteiger partial charge >= 0.3 is 0 Å². The molecule has 0 aliphatic heterocycles.